The van der Waals surface area contributed by atoms with Gasteiger partial charge in [-0.25, -0.2) is 9.78 Å². The molecule has 0 unspecified atom stereocenters. The summed E-state index contributed by atoms with van der Waals surface area (Å²) in [6, 6.07) is 15.8. The van der Waals surface area contributed by atoms with E-state index in [1.165, 1.54) is 6.07 Å². The van der Waals surface area contributed by atoms with Crippen molar-refractivity contribution in [2.75, 3.05) is 17.7 Å². The molecular weight excluding hydrogens is 332 g/mol. The molecule has 7 heteroatoms. The molecular formula is C19H18N4O3. The van der Waals surface area contributed by atoms with Gasteiger partial charge in [-0.2, -0.15) is 4.98 Å². The molecule has 0 fully saturated rings. The molecule has 3 aromatic rings. The van der Waals surface area contributed by atoms with Crippen molar-refractivity contribution in [1.82, 2.24) is 9.97 Å². The minimum absolute atomic E-state index is 0.206. The molecule has 0 aliphatic rings. The van der Waals surface area contributed by atoms with Gasteiger partial charge >= 0.3 is 5.97 Å². The summed E-state index contributed by atoms with van der Waals surface area (Å²) in [5, 5.41) is 15.3. The summed E-state index contributed by atoms with van der Waals surface area (Å²) < 4.78 is 5.14. The molecule has 3 N–H and O–H groups in total. The van der Waals surface area contributed by atoms with E-state index in [0.717, 1.165) is 17.1 Å². The van der Waals surface area contributed by atoms with Gasteiger partial charge in [-0.15, -0.1) is 0 Å². The summed E-state index contributed by atoms with van der Waals surface area (Å²) in [5.41, 5.74) is 2.44. The van der Waals surface area contributed by atoms with Crippen LogP contribution in [0.15, 0.2) is 54.6 Å². The Kier molecular flexibility index (Phi) is 4.98. The van der Waals surface area contributed by atoms with Gasteiger partial charge in [0.2, 0.25) is 5.95 Å². The Morgan fingerprint density at radius 1 is 1.00 bits per heavy atom. The normalized spacial score (nSPS) is 10.2. The lowest BCUT2D eigenvalue weighted by atomic mass is 10.2. The van der Waals surface area contributed by atoms with Crippen molar-refractivity contribution in [3.05, 3.63) is 65.9 Å². The summed E-state index contributed by atoms with van der Waals surface area (Å²) in [6.45, 7) is 1.86. The van der Waals surface area contributed by atoms with E-state index < -0.39 is 5.97 Å². The first-order valence-electron chi connectivity index (χ1n) is 7.90. The molecule has 0 aliphatic carbocycles. The van der Waals surface area contributed by atoms with Crippen molar-refractivity contribution >= 4 is 29.1 Å². The first-order valence-corrected chi connectivity index (χ1v) is 7.90. The topological polar surface area (TPSA) is 96.4 Å². The fourth-order valence-corrected chi connectivity index (χ4v) is 2.37. The molecule has 26 heavy (non-hydrogen) atoms. The number of carboxylic acid groups (broad SMARTS) is 1. The van der Waals surface area contributed by atoms with E-state index in [1.807, 2.05) is 31.2 Å². The van der Waals surface area contributed by atoms with Crippen molar-refractivity contribution < 1.29 is 14.6 Å². The van der Waals surface area contributed by atoms with Crippen molar-refractivity contribution in [3.8, 4) is 5.75 Å². The monoisotopic (exact) mass is 350 g/mol. The van der Waals surface area contributed by atoms with Gasteiger partial charge in [0, 0.05) is 23.1 Å². The van der Waals surface area contributed by atoms with E-state index in [4.69, 9.17) is 9.84 Å². The lowest BCUT2D eigenvalue weighted by Gasteiger charge is -2.11. The molecule has 7 nitrogen and oxygen atoms in total. The van der Waals surface area contributed by atoms with Gasteiger partial charge in [-0.1, -0.05) is 6.07 Å². The predicted octanol–water partition coefficient (Wildman–Crippen LogP) is 3.98. The molecule has 2 aromatic carbocycles. The van der Waals surface area contributed by atoms with Gasteiger partial charge < -0.3 is 20.5 Å². The molecule has 0 atom stereocenters. The van der Waals surface area contributed by atoms with Crippen LogP contribution in [0.3, 0.4) is 0 Å². The number of carboxylic acids is 1. The van der Waals surface area contributed by atoms with Crippen molar-refractivity contribution in [3.63, 3.8) is 0 Å². The molecule has 3 rings (SSSR count). The van der Waals surface area contributed by atoms with Gasteiger partial charge in [0.05, 0.1) is 12.7 Å². The zero-order valence-electron chi connectivity index (χ0n) is 14.4. The van der Waals surface area contributed by atoms with Gasteiger partial charge in [0.25, 0.3) is 0 Å². The second kappa shape index (κ2) is 7.52. The number of aromatic nitrogens is 2. The van der Waals surface area contributed by atoms with Crippen LogP contribution in [0.25, 0.3) is 0 Å². The minimum Gasteiger partial charge on any atom is -0.497 e. The molecule has 0 spiro atoms. The number of nitrogens with one attached hydrogen (secondary N) is 2. The lowest BCUT2D eigenvalue weighted by Crippen LogP contribution is -2.03. The molecule has 0 saturated heterocycles. The highest BCUT2D eigenvalue weighted by molar-refractivity contribution is 5.89. The summed E-state index contributed by atoms with van der Waals surface area (Å²) in [6.07, 6.45) is 0. The van der Waals surface area contributed by atoms with Crippen molar-refractivity contribution in [2.45, 2.75) is 6.92 Å². The highest BCUT2D eigenvalue weighted by Crippen LogP contribution is 2.21. The maximum atomic E-state index is 11.1. The van der Waals surface area contributed by atoms with Crippen LogP contribution < -0.4 is 15.4 Å². The fourth-order valence-electron chi connectivity index (χ4n) is 2.37. The summed E-state index contributed by atoms with van der Waals surface area (Å²) in [5.74, 6) is 0.791. The zero-order valence-corrected chi connectivity index (χ0v) is 14.4. The number of ether oxygens (including phenoxy) is 1. The second-order valence-corrected chi connectivity index (χ2v) is 5.58. The van der Waals surface area contributed by atoms with Crippen LogP contribution in [0.5, 0.6) is 5.75 Å². The molecule has 1 aromatic heterocycles. The molecule has 0 radical (unpaired) electrons. The highest BCUT2D eigenvalue weighted by atomic mass is 16.5. The van der Waals surface area contributed by atoms with Crippen LogP contribution in [-0.2, 0) is 0 Å². The van der Waals surface area contributed by atoms with Crippen molar-refractivity contribution in [1.29, 1.82) is 0 Å². The van der Waals surface area contributed by atoms with Crippen LogP contribution in [0.2, 0.25) is 0 Å². The fraction of sp³-hybridized carbons (Fsp3) is 0.105. The summed E-state index contributed by atoms with van der Waals surface area (Å²) in [4.78, 5) is 19.9. The molecule has 132 valence electrons. The summed E-state index contributed by atoms with van der Waals surface area (Å²) >= 11 is 0. The molecule has 0 saturated carbocycles. The number of benzene rings is 2. The molecule has 0 amide bonds. The largest absolute Gasteiger partial charge is 0.497 e. The Labute approximate surface area is 150 Å². The molecule has 0 aliphatic heterocycles. The average Bonchev–Trinajstić information content (AvgIpc) is 2.62. The zero-order chi connectivity index (χ0) is 18.5. The Bertz CT molecular complexity index is 926. The number of hydrogen-bond donors (Lipinski definition) is 3. The first-order chi connectivity index (χ1) is 12.5. The number of methoxy groups -OCH3 is 1. The van der Waals surface area contributed by atoms with E-state index in [-0.39, 0.29) is 5.56 Å². The van der Waals surface area contributed by atoms with Gasteiger partial charge in [-0.05, 0) is 49.4 Å². The van der Waals surface area contributed by atoms with Crippen LogP contribution in [0.4, 0.5) is 23.1 Å². The van der Waals surface area contributed by atoms with Crippen LogP contribution in [0.1, 0.15) is 16.1 Å². The van der Waals surface area contributed by atoms with Gasteiger partial charge in [0.1, 0.15) is 11.6 Å². The maximum Gasteiger partial charge on any atom is 0.335 e. The number of carbonyl (C=O) groups is 1. The quantitative estimate of drug-likeness (QED) is 0.619. The predicted molar refractivity (Wildman–Crippen MR) is 99.7 cm³/mol. The smallest absolute Gasteiger partial charge is 0.335 e. The third-order valence-electron chi connectivity index (χ3n) is 3.58. The summed E-state index contributed by atoms with van der Waals surface area (Å²) in [7, 11) is 1.61. The Balaban J connectivity index is 1.80. The lowest BCUT2D eigenvalue weighted by molar-refractivity contribution is 0.0697. The standard InChI is InChI=1S/C19H18N4O3/c1-12-10-17(21-15-5-3-4-13(11-15)18(24)25)23-19(20-12)22-14-6-8-16(26-2)9-7-14/h3-11H,1-2H3,(H,24,25)(H2,20,21,22,23). The number of aromatic carboxylic acids is 1. The van der Waals surface area contributed by atoms with Gasteiger partial charge in [-0.3, -0.25) is 0 Å². The first kappa shape index (κ1) is 17.2. The van der Waals surface area contributed by atoms with Crippen LogP contribution in [0, 0.1) is 6.92 Å². The van der Waals surface area contributed by atoms with E-state index in [0.29, 0.717) is 17.5 Å². The Hall–Kier alpha value is -3.61. The Morgan fingerprint density at radius 3 is 2.46 bits per heavy atom. The highest BCUT2D eigenvalue weighted by Gasteiger charge is 2.06. The third-order valence-corrected chi connectivity index (χ3v) is 3.58. The van der Waals surface area contributed by atoms with Crippen molar-refractivity contribution in [2.24, 2.45) is 0 Å². The van der Waals surface area contributed by atoms with E-state index >= 15 is 0 Å². The van der Waals surface area contributed by atoms with E-state index in [9.17, 15) is 4.79 Å². The molecule has 0 bridgehead atoms. The minimum atomic E-state index is -0.977. The van der Waals surface area contributed by atoms with E-state index in [2.05, 4.69) is 20.6 Å². The number of aryl methyl sites for hydroxylation is 1. The average molecular weight is 350 g/mol. The maximum absolute atomic E-state index is 11.1. The molecule has 1 heterocycles. The van der Waals surface area contributed by atoms with E-state index in [1.54, 1.807) is 31.4 Å². The number of anilines is 4. The SMILES string of the molecule is COc1ccc(Nc2nc(C)cc(Nc3cccc(C(=O)O)c3)n2)cc1. The third kappa shape index (κ3) is 4.27. The second-order valence-electron chi connectivity index (χ2n) is 5.58. The number of rotatable bonds is 6. The van der Waals surface area contributed by atoms with Crippen LogP contribution >= 0.6 is 0 Å². The van der Waals surface area contributed by atoms with Crippen LogP contribution in [-0.4, -0.2) is 28.2 Å². The number of hydrogen-bond acceptors (Lipinski definition) is 6. The number of nitrogens with zero attached hydrogens (tertiary/aromatic N) is 2. The van der Waals surface area contributed by atoms with Gasteiger partial charge in [0.15, 0.2) is 0 Å². The Morgan fingerprint density at radius 2 is 1.77 bits per heavy atom.